The molecule has 1 N–H and O–H groups in total. The van der Waals surface area contributed by atoms with Gasteiger partial charge in [0.05, 0.1) is 5.69 Å². The van der Waals surface area contributed by atoms with E-state index in [9.17, 15) is 0 Å². The summed E-state index contributed by atoms with van der Waals surface area (Å²) in [5.74, 6) is 0.990. The van der Waals surface area contributed by atoms with Gasteiger partial charge in [0.1, 0.15) is 0 Å². The topological polar surface area (TPSA) is 55.6 Å². The van der Waals surface area contributed by atoms with Crippen molar-refractivity contribution in [1.29, 1.82) is 0 Å². The van der Waals surface area contributed by atoms with Crippen LogP contribution in [0.2, 0.25) is 0 Å². The minimum absolute atomic E-state index is 0.760. The maximum absolute atomic E-state index is 4.06. The van der Waals surface area contributed by atoms with E-state index in [0.29, 0.717) is 0 Å². The average Bonchev–Trinajstić information content (AvgIpc) is 3.12. The zero-order valence-corrected chi connectivity index (χ0v) is 10.8. The Bertz CT molecular complexity index is 494. The minimum atomic E-state index is 0.760. The molecule has 5 nitrogen and oxygen atoms in total. The van der Waals surface area contributed by atoms with Crippen molar-refractivity contribution in [2.45, 2.75) is 24.0 Å². The van der Waals surface area contributed by atoms with Crippen molar-refractivity contribution in [3.63, 3.8) is 0 Å². The molecule has 3 rings (SSSR count). The lowest BCUT2D eigenvalue weighted by molar-refractivity contribution is 0.722. The Labute approximate surface area is 110 Å². The third kappa shape index (κ3) is 2.88. The molecule has 0 amide bonds. The van der Waals surface area contributed by atoms with Crippen LogP contribution in [0.25, 0.3) is 5.69 Å². The van der Waals surface area contributed by atoms with E-state index in [1.807, 2.05) is 30.3 Å². The Morgan fingerprint density at radius 3 is 2.89 bits per heavy atom. The quantitative estimate of drug-likeness (QED) is 0.631. The summed E-state index contributed by atoms with van der Waals surface area (Å²) in [6, 6.07) is 10.7. The summed E-state index contributed by atoms with van der Waals surface area (Å²) in [6.07, 6.45) is 2.65. The fraction of sp³-hybridized carbons (Fsp3) is 0.417. The highest BCUT2D eigenvalue weighted by Gasteiger charge is 2.19. The van der Waals surface area contributed by atoms with Gasteiger partial charge in [0.15, 0.2) is 0 Å². The van der Waals surface area contributed by atoms with Crippen molar-refractivity contribution in [3.05, 3.63) is 30.3 Å². The van der Waals surface area contributed by atoms with Crippen LogP contribution in [0.5, 0.6) is 0 Å². The summed E-state index contributed by atoms with van der Waals surface area (Å²) in [7, 11) is 0. The first-order valence-corrected chi connectivity index (χ1v) is 7.12. The zero-order valence-electron chi connectivity index (χ0n) is 9.99. The van der Waals surface area contributed by atoms with Gasteiger partial charge in [-0.1, -0.05) is 30.0 Å². The van der Waals surface area contributed by atoms with E-state index in [2.05, 4.69) is 20.8 Å². The molecule has 1 aromatic heterocycles. The highest BCUT2D eigenvalue weighted by Crippen LogP contribution is 2.20. The highest BCUT2D eigenvalue weighted by atomic mass is 32.2. The Balaban J connectivity index is 1.60. The van der Waals surface area contributed by atoms with Crippen LogP contribution in [0, 0.1) is 0 Å². The van der Waals surface area contributed by atoms with E-state index >= 15 is 0 Å². The van der Waals surface area contributed by atoms with Crippen molar-refractivity contribution in [1.82, 2.24) is 25.5 Å². The van der Waals surface area contributed by atoms with Crippen LogP contribution in [-0.2, 0) is 0 Å². The first-order valence-electron chi connectivity index (χ1n) is 6.13. The third-order valence-electron chi connectivity index (χ3n) is 2.79. The van der Waals surface area contributed by atoms with Crippen LogP contribution >= 0.6 is 11.8 Å². The lowest BCUT2D eigenvalue weighted by Gasteiger charge is -2.04. The normalized spacial score (nSPS) is 14.9. The number of nitrogens with one attached hydrogen (secondary N) is 1. The molecule has 1 saturated carbocycles. The van der Waals surface area contributed by atoms with Gasteiger partial charge in [-0.05, 0) is 35.4 Å². The van der Waals surface area contributed by atoms with Gasteiger partial charge < -0.3 is 5.32 Å². The number of hydrogen-bond acceptors (Lipinski definition) is 5. The number of thioether (sulfide) groups is 1. The molecule has 94 valence electrons. The second-order valence-electron chi connectivity index (χ2n) is 4.29. The van der Waals surface area contributed by atoms with Gasteiger partial charge in [-0.25, -0.2) is 0 Å². The highest BCUT2D eigenvalue weighted by molar-refractivity contribution is 7.99. The van der Waals surface area contributed by atoms with Crippen molar-refractivity contribution in [2.75, 3.05) is 12.3 Å². The molecule has 0 spiro atoms. The summed E-state index contributed by atoms with van der Waals surface area (Å²) in [4.78, 5) is 0. The van der Waals surface area contributed by atoms with Crippen LogP contribution < -0.4 is 5.32 Å². The molecular weight excluding hydrogens is 246 g/mol. The number of nitrogens with zero attached hydrogens (tertiary/aromatic N) is 4. The molecular formula is C12H15N5S. The number of para-hydroxylation sites is 1. The summed E-state index contributed by atoms with van der Waals surface area (Å²) in [6.45, 7) is 1.01. The third-order valence-corrected chi connectivity index (χ3v) is 3.71. The molecule has 1 aliphatic carbocycles. The number of benzene rings is 1. The first-order chi connectivity index (χ1) is 8.93. The molecule has 1 heterocycles. The largest absolute Gasteiger partial charge is 0.313 e. The van der Waals surface area contributed by atoms with E-state index < -0.39 is 0 Å². The lowest BCUT2D eigenvalue weighted by Crippen LogP contribution is -2.19. The average molecular weight is 261 g/mol. The van der Waals surface area contributed by atoms with Gasteiger partial charge in [-0.15, -0.1) is 5.10 Å². The summed E-state index contributed by atoms with van der Waals surface area (Å²) in [5, 5.41) is 16.2. The van der Waals surface area contributed by atoms with Crippen LogP contribution in [0.4, 0.5) is 0 Å². The number of tetrazole rings is 1. The van der Waals surface area contributed by atoms with Gasteiger partial charge in [0.25, 0.3) is 0 Å². The van der Waals surface area contributed by atoms with Crippen LogP contribution in [0.1, 0.15) is 12.8 Å². The van der Waals surface area contributed by atoms with Crippen molar-refractivity contribution >= 4 is 11.8 Å². The Morgan fingerprint density at radius 1 is 1.28 bits per heavy atom. The molecule has 0 bridgehead atoms. The molecule has 0 aliphatic heterocycles. The molecule has 1 aromatic carbocycles. The van der Waals surface area contributed by atoms with Crippen LogP contribution in [0.15, 0.2) is 35.5 Å². The Morgan fingerprint density at radius 2 is 2.11 bits per heavy atom. The number of hydrogen-bond donors (Lipinski definition) is 1. The summed E-state index contributed by atoms with van der Waals surface area (Å²) >= 11 is 1.68. The fourth-order valence-corrected chi connectivity index (χ4v) is 2.45. The van der Waals surface area contributed by atoms with E-state index in [1.165, 1.54) is 12.8 Å². The maximum Gasteiger partial charge on any atom is 0.214 e. The maximum atomic E-state index is 4.06. The second kappa shape index (κ2) is 5.49. The number of aromatic nitrogens is 4. The fourth-order valence-electron chi connectivity index (χ4n) is 1.69. The Hall–Kier alpha value is -1.40. The summed E-state index contributed by atoms with van der Waals surface area (Å²) in [5.41, 5.74) is 1.00. The lowest BCUT2D eigenvalue weighted by atomic mass is 10.3. The SMILES string of the molecule is c1ccc(-n2nnnc2SCCNC2CC2)cc1. The van der Waals surface area contributed by atoms with E-state index in [1.54, 1.807) is 16.4 Å². The Kier molecular flexibility index (Phi) is 3.56. The number of rotatable bonds is 6. The van der Waals surface area contributed by atoms with E-state index in [-0.39, 0.29) is 0 Å². The van der Waals surface area contributed by atoms with Crippen LogP contribution in [0.3, 0.4) is 0 Å². The monoisotopic (exact) mass is 261 g/mol. The molecule has 0 atom stereocenters. The molecule has 0 radical (unpaired) electrons. The molecule has 0 saturated heterocycles. The smallest absolute Gasteiger partial charge is 0.214 e. The van der Waals surface area contributed by atoms with Gasteiger partial charge in [0.2, 0.25) is 5.16 Å². The van der Waals surface area contributed by atoms with Crippen LogP contribution in [-0.4, -0.2) is 38.5 Å². The molecule has 0 unspecified atom stereocenters. The van der Waals surface area contributed by atoms with Gasteiger partial charge >= 0.3 is 0 Å². The molecule has 1 fully saturated rings. The van der Waals surface area contributed by atoms with E-state index in [0.717, 1.165) is 29.2 Å². The van der Waals surface area contributed by atoms with Crippen molar-refractivity contribution in [2.24, 2.45) is 0 Å². The molecule has 6 heteroatoms. The van der Waals surface area contributed by atoms with E-state index in [4.69, 9.17) is 0 Å². The molecule has 1 aliphatic rings. The van der Waals surface area contributed by atoms with Crippen molar-refractivity contribution in [3.8, 4) is 5.69 Å². The minimum Gasteiger partial charge on any atom is -0.313 e. The van der Waals surface area contributed by atoms with Gasteiger partial charge in [-0.2, -0.15) is 4.68 Å². The molecule has 2 aromatic rings. The predicted molar refractivity (Wildman–Crippen MR) is 70.9 cm³/mol. The first kappa shape index (κ1) is 11.7. The predicted octanol–water partition coefficient (Wildman–Crippen LogP) is 1.51. The standard InChI is InChI=1S/C12H15N5S/c1-2-4-11(5-3-1)17-12(14-15-16-17)18-9-8-13-10-6-7-10/h1-5,10,13H,6-9H2. The summed E-state index contributed by atoms with van der Waals surface area (Å²) < 4.78 is 1.78. The second-order valence-corrected chi connectivity index (χ2v) is 5.35. The molecule has 18 heavy (non-hydrogen) atoms. The zero-order chi connectivity index (χ0) is 12.2. The van der Waals surface area contributed by atoms with Gasteiger partial charge in [0, 0.05) is 18.3 Å². The van der Waals surface area contributed by atoms with Gasteiger partial charge in [-0.3, -0.25) is 0 Å². The van der Waals surface area contributed by atoms with Crippen molar-refractivity contribution < 1.29 is 0 Å².